The lowest BCUT2D eigenvalue weighted by Gasteiger charge is -2.31. The van der Waals surface area contributed by atoms with E-state index in [1.165, 1.54) is 6.07 Å². The summed E-state index contributed by atoms with van der Waals surface area (Å²) in [6, 6.07) is 4.91. The van der Waals surface area contributed by atoms with Crippen LogP contribution in [0.15, 0.2) is 18.2 Å². The predicted molar refractivity (Wildman–Crippen MR) is 65.3 cm³/mol. The van der Waals surface area contributed by atoms with E-state index >= 15 is 0 Å². The van der Waals surface area contributed by atoms with Crippen LogP contribution in [0, 0.1) is 5.92 Å². The number of carbonyl (C=O) groups excluding carboxylic acids is 1. The number of carbonyl (C=O) groups is 2. The van der Waals surface area contributed by atoms with Crippen LogP contribution >= 0.6 is 0 Å². The zero-order valence-corrected chi connectivity index (χ0v) is 9.87. The first-order valence-corrected chi connectivity index (χ1v) is 5.82. The molecule has 6 heteroatoms. The fraction of sp³-hybridized carbons (Fsp3) is 0.417. The van der Waals surface area contributed by atoms with E-state index < -0.39 is 5.97 Å². The highest BCUT2D eigenvalue weighted by Crippen LogP contribution is 2.21. The number of carboxylic acids is 1. The lowest BCUT2D eigenvalue weighted by Crippen LogP contribution is -2.39. The van der Waals surface area contributed by atoms with Gasteiger partial charge in [-0.05, 0) is 25.0 Å². The quantitative estimate of drug-likeness (QED) is 0.812. The number of hydrogen-bond acceptors (Lipinski definition) is 4. The van der Waals surface area contributed by atoms with E-state index in [9.17, 15) is 9.59 Å². The lowest BCUT2D eigenvalue weighted by molar-refractivity contribution is -0.122. The topological polar surface area (TPSA) is 96.5 Å². The van der Waals surface area contributed by atoms with Crippen LogP contribution in [0.2, 0.25) is 0 Å². The molecule has 3 N–H and O–H groups in total. The first kappa shape index (κ1) is 12.3. The summed E-state index contributed by atoms with van der Waals surface area (Å²) in [5.74, 6) is -0.743. The number of aromatic nitrogens is 1. The molecule has 0 spiro atoms. The van der Waals surface area contributed by atoms with Crippen molar-refractivity contribution in [1.82, 2.24) is 4.98 Å². The number of hydrogen-bond donors (Lipinski definition) is 2. The van der Waals surface area contributed by atoms with Crippen molar-refractivity contribution in [2.45, 2.75) is 12.8 Å². The molecule has 0 atom stereocenters. The Balaban J connectivity index is 2.07. The Bertz CT molecular complexity index is 467. The van der Waals surface area contributed by atoms with E-state index in [0.717, 1.165) is 0 Å². The van der Waals surface area contributed by atoms with Crippen LogP contribution in [-0.2, 0) is 4.79 Å². The van der Waals surface area contributed by atoms with Gasteiger partial charge in [-0.3, -0.25) is 4.79 Å². The molecule has 1 aromatic heterocycles. The van der Waals surface area contributed by atoms with Crippen molar-refractivity contribution >= 4 is 17.7 Å². The van der Waals surface area contributed by atoms with E-state index in [2.05, 4.69) is 4.98 Å². The van der Waals surface area contributed by atoms with Gasteiger partial charge in [0.15, 0.2) is 5.69 Å². The monoisotopic (exact) mass is 249 g/mol. The van der Waals surface area contributed by atoms with Crippen LogP contribution in [0.1, 0.15) is 23.3 Å². The smallest absolute Gasteiger partial charge is 0.354 e. The van der Waals surface area contributed by atoms with Crippen molar-refractivity contribution < 1.29 is 14.7 Å². The standard InChI is InChI=1S/C12H15N3O3/c13-11(16)8-4-6-15(7-5-8)10-3-1-2-9(14-10)12(17)18/h1-3,8H,4-7H2,(H2,13,16)(H,17,18). The maximum Gasteiger partial charge on any atom is 0.354 e. The molecule has 6 nitrogen and oxygen atoms in total. The Hall–Kier alpha value is -2.11. The number of piperidine rings is 1. The summed E-state index contributed by atoms with van der Waals surface area (Å²) in [5, 5.41) is 8.88. The van der Waals surface area contributed by atoms with E-state index in [0.29, 0.717) is 31.7 Å². The Morgan fingerprint density at radius 3 is 2.56 bits per heavy atom. The molecule has 18 heavy (non-hydrogen) atoms. The number of pyridine rings is 1. The Kier molecular flexibility index (Phi) is 3.45. The van der Waals surface area contributed by atoms with E-state index in [1.807, 2.05) is 4.90 Å². The summed E-state index contributed by atoms with van der Waals surface area (Å²) in [4.78, 5) is 27.9. The molecule has 1 aliphatic heterocycles. The molecule has 2 rings (SSSR count). The average Bonchev–Trinajstić information content (AvgIpc) is 2.39. The minimum atomic E-state index is -1.04. The molecule has 0 aliphatic carbocycles. The van der Waals surface area contributed by atoms with E-state index in [4.69, 9.17) is 10.8 Å². The van der Waals surface area contributed by atoms with E-state index in [1.54, 1.807) is 12.1 Å². The van der Waals surface area contributed by atoms with Crippen LogP contribution in [0.4, 0.5) is 5.82 Å². The fourth-order valence-corrected chi connectivity index (χ4v) is 2.11. The van der Waals surface area contributed by atoms with Crippen molar-refractivity contribution in [3.63, 3.8) is 0 Å². The molecule has 1 saturated heterocycles. The summed E-state index contributed by atoms with van der Waals surface area (Å²) in [6.07, 6.45) is 1.38. The molecule has 0 saturated carbocycles. The molecular weight excluding hydrogens is 234 g/mol. The third-order valence-corrected chi connectivity index (χ3v) is 3.17. The first-order valence-electron chi connectivity index (χ1n) is 5.82. The molecule has 0 aromatic carbocycles. The highest BCUT2D eigenvalue weighted by atomic mass is 16.4. The molecule has 0 unspecified atom stereocenters. The zero-order valence-electron chi connectivity index (χ0n) is 9.87. The van der Waals surface area contributed by atoms with Crippen molar-refractivity contribution in [3.8, 4) is 0 Å². The molecule has 0 radical (unpaired) electrons. The summed E-state index contributed by atoms with van der Waals surface area (Å²) in [6.45, 7) is 1.34. The molecule has 2 heterocycles. The molecule has 1 amide bonds. The molecule has 96 valence electrons. The van der Waals surface area contributed by atoms with Gasteiger partial charge in [0.05, 0.1) is 0 Å². The van der Waals surface area contributed by atoms with Crippen LogP contribution in [0.25, 0.3) is 0 Å². The second kappa shape index (κ2) is 5.03. The highest BCUT2D eigenvalue weighted by Gasteiger charge is 2.24. The fourth-order valence-electron chi connectivity index (χ4n) is 2.11. The van der Waals surface area contributed by atoms with Crippen LogP contribution in [0.5, 0.6) is 0 Å². The van der Waals surface area contributed by atoms with Gasteiger partial charge in [0, 0.05) is 19.0 Å². The van der Waals surface area contributed by atoms with Crippen molar-refractivity contribution in [1.29, 1.82) is 0 Å². The van der Waals surface area contributed by atoms with Crippen molar-refractivity contribution in [2.24, 2.45) is 11.7 Å². The van der Waals surface area contributed by atoms with Gasteiger partial charge in [0.1, 0.15) is 5.82 Å². The maximum absolute atomic E-state index is 11.1. The van der Waals surface area contributed by atoms with Crippen molar-refractivity contribution in [3.05, 3.63) is 23.9 Å². The largest absolute Gasteiger partial charge is 0.477 e. The number of aromatic carboxylic acids is 1. The average molecular weight is 249 g/mol. The van der Waals surface area contributed by atoms with Gasteiger partial charge >= 0.3 is 5.97 Å². The number of amides is 1. The summed E-state index contributed by atoms with van der Waals surface area (Å²) < 4.78 is 0. The van der Waals surface area contributed by atoms with Crippen LogP contribution < -0.4 is 10.6 Å². The van der Waals surface area contributed by atoms with Gasteiger partial charge in [0.2, 0.25) is 5.91 Å². The van der Waals surface area contributed by atoms with Crippen molar-refractivity contribution in [2.75, 3.05) is 18.0 Å². The minimum absolute atomic E-state index is 0.0320. The molecule has 1 aromatic rings. The molecule has 1 aliphatic rings. The normalized spacial score (nSPS) is 16.6. The van der Waals surface area contributed by atoms with Gasteiger partial charge in [-0.15, -0.1) is 0 Å². The Morgan fingerprint density at radius 1 is 1.33 bits per heavy atom. The summed E-state index contributed by atoms with van der Waals surface area (Å²) in [7, 11) is 0. The highest BCUT2D eigenvalue weighted by molar-refractivity contribution is 5.85. The van der Waals surface area contributed by atoms with Gasteiger partial charge in [-0.25, -0.2) is 9.78 Å². The Morgan fingerprint density at radius 2 is 2.00 bits per heavy atom. The van der Waals surface area contributed by atoms with Gasteiger partial charge in [0.25, 0.3) is 0 Å². The SMILES string of the molecule is NC(=O)C1CCN(c2cccc(C(=O)O)n2)CC1. The van der Waals surface area contributed by atoms with Gasteiger partial charge in [-0.1, -0.05) is 6.07 Å². The number of primary amides is 1. The van der Waals surface area contributed by atoms with Gasteiger partial charge < -0.3 is 15.7 Å². The third kappa shape index (κ3) is 2.58. The second-order valence-electron chi connectivity index (χ2n) is 4.35. The third-order valence-electron chi connectivity index (χ3n) is 3.17. The maximum atomic E-state index is 11.1. The van der Waals surface area contributed by atoms with Crippen LogP contribution in [0.3, 0.4) is 0 Å². The zero-order chi connectivity index (χ0) is 13.1. The second-order valence-corrected chi connectivity index (χ2v) is 4.35. The van der Waals surface area contributed by atoms with Gasteiger partial charge in [-0.2, -0.15) is 0 Å². The molecule has 0 bridgehead atoms. The number of carboxylic acid groups (broad SMARTS) is 1. The molecule has 1 fully saturated rings. The van der Waals surface area contributed by atoms with E-state index in [-0.39, 0.29) is 17.5 Å². The Labute approximate surface area is 104 Å². The lowest BCUT2D eigenvalue weighted by atomic mass is 9.96. The number of anilines is 1. The summed E-state index contributed by atoms with van der Waals surface area (Å²) >= 11 is 0. The summed E-state index contributed by atoms with van der Waals surface area (Å²) in [5.41, 5.74) is 5.30. The first-order chi connectivity index (χ1) is 8.58. The minimum Gasteiger partial charge on any atom is -0.477 e. The number of rotatable bonds is 3. The number of nitrogens with two attached hydrogens (primary N) is 1. The van der Waals surface area contributed by atoms with Crippen LogP contribution in [-0.4, -0.2) is 35.1 Å². The predicted octanol–water partition coefficient (Wildman–Crippen LogP) is 0.481. The number of nitrogens with zero attached hydrogens (tertiary/aromatic N) is 2. The molecular formula is C12H15N3O3.